The van der Waals surface area contributed by atoms with Gasteiger partial charge in [-0.25, -0.2) is 4.68 Å². The number of likely N-dealkylation sites (tertiary alicyclic amines) is 1. The molecule has 1 aliphatic rings. The number of hydrogen-bond acceptors (Lipinski definition) is 6. The summed E-state index contributed by atoms with van der Waals surface area (Å²) < 4.78 is 1.75. The van der Waals surface area contributed by atoms with Gasteiger partial charge in [0, 0.05) is 30.9 Å². The molecule has 27 heavy (non-hydrogen) atoms. The van der Waals surface area contributed by atoms with Crippen molar-refractivity contribution in [2.45, 2.75) is 59.0 Å². The molecule has 1 fully saturated rings. The minimum absolute atomic E-state index is 0.220. The summed E-state index contributed by atoms with van der Waals surface area (Å²) in [5, 5.41) is 12.0. The maximum atomic E-state index is 12.6. The van der Waals surface area contributed by atoms with Crippen molar-refractivity contribution in [1.29, 1.82) is 0 Å². The van der Waals surface area contributed by atoms with Crippen molar-refractivity contribution in [2.24, 2.45) is 5.41 Å². The van der Waals surface area contributed by atoms with E-state index in [1.165, 1.54) is 5.56 Å². The predicted molar refractivity (Wildman–Crippen MR) is 98.5 cm³/mol. The Labute approximate surface area is 159 Å². The highest BCUT2D eigenvalue weighted by atomic mass is 16.2. The van der Waals surface area contributed by atoms with Gasteiger partial charge in [0.2, 0.25) is 5.78 Å². The Morgan fingerprint density at radius 1 is 1.33 bits per heavy atom. The molecule has 8 nitrogen and oxygen atoms in total. The quantitative estimate of drug-likeness (QED) is 0.660. The molecule has 0 spiro atoms. The number of Topliss-reactive ketones (excluding diaryl/α,β-unsaturated/α-hetero) is 1. The molecule has 3 rings (SSSR count). The van der Waals surface area contributed by atoms with Gasteiger partial charge >= 0.3 is 0 Å². The smallest absolute Gasteiger partial charge is 0.291 e. The molecule has 8 heteroatoms. The van der Waals surface area contributed by atoms with E-state index in [-0.39, 0.29) is 11.8 Å². The number of ketones is 1. The second-order valence-electron chi connectivity index (χ2n) is 7.59. The van der Waals surface area contributed by atoms with Gasteiger partial charge in [0.15, 0.2) is 5.82 Å². The van der Waals surface area contributed by atoms with Gasteiger partial charge in [-0.1, -0.05) is 26.8 Å². The molecule has 1 atom stereocenters. The lowest BCUT2D eigenvalue weighted by atomic mass is 9.83. The van der Waals surface area contributed by atoms with E-state index in [2.05, 4.69) is 20.5 Å². The van der Waals surface area contributed by atoms with Crippen LogP contribution in [-0.2, 0) is 22.6 Å². The lowest BCUT2D eigenvalue weighted by molar-refractivity contribution is -0.154. The third-order valence-corrected chi connectivity index (χ3v) is 5.39. The highest BCUT2D eigenvalue weighted by molar-refractivity contribution is 6.38. The van der Waals surface area contributed by atoms with Crippen molar-refractivity contribution in [3.05, 3.63) is 35.9 Å². The van der Waals surface area contributed by atoms with Crippen LogP contribution in [0.3, 0.4) is 0 Å². The molecule has 1 unspecified atom stereocenters. The molecule has 1 saturated heterocycles. The summed E-state index contributed by atoms with van der Waals surface area (Å²) in [7, 11) is 0. The zero-order chi connectivity index (χ0) is 19.4. The van der Waals surface area contributed by atoms with Crippen molar-refractivity contribution >= 4 is 11.7 Å². The van der Waals surface area contributed by atoms with Crippen molar-refractivity contribution in [2.75, 3.05) is 6.54 Å². The maximum Gasteiger partial charge on any atom is 0.291 e. The number of amides is 1. The summed E-state index contributed by atoms with van der Waals surface area (Å²) in [6, 6.07) is 3.74. The number of rotatable bonds is 8. The Morgan fingerprint density at radius 2 is 2.15 bits per heavy atom. The van der Waals surface area contributed by atoms with Crippen LogP contribution >= 0.6 is 0 Å². The number of pyridine rings is 1. The fraction of sp³-hybridized carbons (Fsp3) is 0.579. The highest BCUT2D eigenvalue weighted by Crippen LogP contribution is 2.34. The van der Waals surface area contributed by atoms with Crippen molar-refractivity contribution in [1.82, 2.24) is 30.1 Å². The summed E-state index contributed by atoms with van der Waals surface area (Å²) in [6.45, 7) is 6.76. The average Bonchev–Trinajstić information content (AvgIpc) is 3.08. The van der Waals surface area contributed by atoms with Gasteiger partial charge in [-0.15, -0.1) is 5.10 Å². The Bertz CT molecular complexity index is 802. The predicted octanol–water partition coefficient (Wildman–Crippen LogP) is 1.98. The Balaban J connectivity index is 1.63. The van der Waals surface area contributed by atoms with Gasteiger partial charge in [0.1, 0.15) is 0 Å². The van der Waals surface area contributed by atoms with Crippen LogP contribution in [0.5, 0.6) is 0 Å². The van der Waals surface area contributed by atoms with Crippen LogP contribution in [0.15, 0.2) is 24.5 Å². The van der Waals surface area contributed by atoms with Crippen LogP contribution in [0.1, 0.15) is 57.5 Å². The minimum atomic E-state index is -0.646. The molecule has 0 aliphatic carbocycles. The molecular weight excluding hydrogens is 344 g/mol. The fourth-order valence-corrected chi connectivity index (χ4v) is 3.07. The third-order valence-electron chi connectivity index (χ3n) is 5.39. The van der Waals surface area contributed by atoms with Crippen LogP contribution in [0.2, 0.25) is 0 Å². The topological polar surface area (TPSA) is 93.9 Å². The van der Waals surface area contributed by atoms with E-state index in [0.717, 1.165) is 19.3 Å². The van der Waals surface area contributed by atoms with Crippen molar-refractivity contribution < 1.29 is 9.59 Å². The van der Waals surface area contributed by atoms with Gasteiger partial charge in [-0.3, -0.25) is 14.6 Å². The summed E-state index contributed by atoms with van der Waals surface area (Å²) in [5.41, 5.74) is 0.521. The molecule has 0 radical (unpaired) electrons. The second-order valence-corrected chi connectivity index (χ2v) is 7.59. The normalized spacial score (nSPS) is 16.9. The summed E-state index contributed by atoms with van der Waals surface area (Å²) >= 11 is 0. The zero-order valence-electron chi connectivity index (χ0n) is 16.1. The number of carbonyl (C=O) groups excluding carboxylic acids is 2. The molecule has 3 heterocycles. The lowest BCUT2D eigenvalue weighted by Gasteiger charge is -2.40. The molecule has 144 valence electrons. The molecule has 2 aromatic rings. The number of carbonyl (C=O) groups is 2. The van der Waals surface area contributed by atoms with E-state index in [0.29, 0.717) is 25.3 Å². The van der Waals surface area contributed by atoms with Crippen LogP contribution in [0.4, 0.5) is 0 Å². The number of aryl methyl sites for hydroxylation is 2. The molecule has 1 amide bonds. The molecule has 0 N–H and O–H groups in total. The lowest BCUT2D eigenvalue weighted by Crippen LogP contribution is -2.51. The van der Waals surface area contributed by atoms with Crippen molar-refractivity contribution in [3.63, 3.8) is 0 Å². The first-order valence-electron chi connectivity index (χ1n) is 9.44. The molecule has 0 saturated carbocycles. The van der Waals surface area contributed by atoms with E-state index in [4.69, 9.17) is 0 Å². The molecule has 0 aromatic carbocycles. The molecule has 2 aromatic heterocycles. The summed E-state index contributed by atoms with van der Waals surface area (Å²) in [4.78, 5) is 30.9. The van der Waals surface area contributed by atoms with E-state index in [9.17, 15) is 9.59 Å². The fourth-order valence-electron chi connectivity index (χ4n) is 3.07. The van der Waals surface area contributed by atoms with Gasteiger partial charge in [-0.05, 0) is 47.7 Å². The number of nitrogens with zero attached hydrogens (tertiary/aromatic N) is 6. The van der Waals surface area contributed by atoms with Crippen LogP contribution in [0, 0.1) is 5.41 Å². The number of aromatic nitrogens is 5. The van der Waals surface area contributed by atoms with E-state index in [1.54, 1.807) is 15.8 Å². The zero-order valence-corrected chi connectivity index (χ0v) is 16.1. The first-order valence-corrected chi connectivity index (χ1v) is 9.44. The Kier molecular flexibility index (Phi) is 5.62. The Morgan fingerprint density at radius 3 is 2.78 bits per heavy atom. The second kappa shape index (κ2) is 7.94. The molecular formula is C19H26N6O2. The van der Waals surface area contributed by atoms with Crippen LogP contribution < -0.4 is 0 Å². The number of hydrogen-bond donors (Lipinski definition) is 0. The van der Waals surface area contributed by atoms with E-state index >= 15 is 0 Å². The summed E-state index contributed by atoms with van der Waals surface area (Å²) in [6.07, 6.45) is 6.76. The van der Waals surface area contributed by atoms with Crippen LogP contribution in [-0.4, -0.2) is 48.3 Å². The maximum absolute atomic E-state index is 12.6. The van der Waals surface area contributed by atoms with Gasteiger partial charge in [0.05, 0.1) is 6.04 Å². The van der Waals surface area contributed by atoms with Crippen molar-refractivity contribution in [3.8, 4) is 0 Å². The molecule has 1 aliphatic heterocycles. The summed E-state index contributed by atoms with van der Waals surface area (Å²) in [5.74, 6) is -0.115. The van der Waals surface area contributed by atoms with Gasteiger partial charge in [0.25, 0.3) is 5.91 Å². The largest absolute Gasteiger partial charge is 0.326 e. The Hall–Kier alpha value is -2.64. The van der Waals surface area contributed by atoms with Gasteiger partial charge in [-0.2, -0.15) is 0 Å². The molecule has 0 bridgehead atoms. The van der Waals surface area contributed by atoms with E-state index < -0.39 is 11.3 Å². The first kappa shape index (κ1) is 19.1. The standard InChI is InChI=1S/C19H26N6O2/c1-4-19(2,3)16(26)18(27)24-12-9-15(24)17-21-22-23-25(17)11-6-8-14-7-5-10-20-13-14/h5,7,10,13,15H,4,6,8-9,11-12H2,1-3H3. The highest BCUT2D eigenvalue weighted by Gasteiger charge is 2.43. The van der Waals surface area contributed by atoms with Gasteiger partial charge < -0.3 is 4.90 Å². The monoisotopic (exact) mass is 370 g/mol. The minimum Gasteiger partial charge on any atom is -0.326 e. The third kappa shape index (κ3) is 4.04. The number of tetrazole rings is 1. The van der Waals surface area contributed by atoms with Crippen LogP contribution in [0.25, 0.3) is 0 Å². The van der Waals surface area contributed by atoms with E-state index in [1.807, 2.05) is 39.1 Å². The SMILES string of the molecule is CCC(C)(C)C(=O)C(=O)N1CCC1c1nnnn1CCCc1cccnc1. The average molecular weight is 370 g/mol. The first-order chi connectivity index (χ1) is 12.9.